The number of carbonyl (C=O) groups is 4. The fourth-order valence-electron chi connectivity index (χ4n) is 3.01. The van der Waals surface area contributed by atoms with Crippen LogP contribution >= 0.6 is 0 Å². The number of carbonyl (C=O) groups excluding carboxylic acids is 2. The lowest BCUT2D eigenvalue weighted by Crippen LogP contribution is -2.17. The van der Waals surface area contributed by atoms with Crippen LogP contribution in [-0.2, 0) is 9.59 Å². The summed E-state index contributed by atoms with van der Waals surface area (Å²) in [4.78, 5) is 56.3. The molecule has 2 amide bonds. The molecule has 0 aliphatic rings. The van der Waals surface area contributed by atoms with Crippen molar-refractivity contribution in [2.75, 3.05) is 13.2 Å². The Kier molecular flexibility index (Phi) is 8.71. The van der Waals surface area contributed by atoms with E-state index in [0.29, 0.717) is 23.9 Å². The molecule has 2 aromatic carbocycles. The molecule has 11 nitrogen and oxygen atoms in total. The number of carboxylic acid groups (broad SMARTS) is 2. The maximum Gasteiger partial charge on any atom is 0.335 e. The summed E-state index contributed by atoms with van der Waals surface area (Å²) in [5, 5.41) is 18.2. The van der Waals surface area contributed by atoms with Crippen LogP contribution in [-0.4, -0.2) is 64.6 Å². The lowest BCUT2D eigenvalue weighted by Gasteiger charge is -2.12. The van der Waals surface area contributed by atoms with Crippen LogP contribution in [0, 0.1) is 0 Å². The van der Waals surface area contributed by atoms with E-state index >= 15 is 0 Å². The maximum atomic E-state index is 11.2. The molecule has 0 radical (unpaired) electrons. The van der Waals surface area contributed by atoms with E-state index in [0.717, 1.165) is 0 Å². The molecule has 0 aliphatic carbocycles. The van der Waals surface area contributed by atoms with E-state index in [4.69, 9.17) is 19.7 Å². The average molecular weight is 489 g/mol. The van der Waals surface area contributed by atoms with Crippen LogP contribution in [0.2, 0.25) is 0 Å². The number of rotatable bonds is 12. The van der Waals surface area contributed by atoms with E-state index in [1.54, 1.807) is 18.2 Å². The first-order chi connectivity index (χ1) is 17.4. The monoisotopic (exact) mass is 489 g/mol. The molecule has 2 N–H and O–H groups in total. The van der Waals surface area contributed by atoms with Gasteiger partial charge in [0.1, 0.15) is 24.7 Å². The van der Waals surface area contributed by atoms with Crippen molar-refractivity contribution in [1.29, 1.82) is 0 Å². The van der Waals surface area contributed by atoms with Crippen LogP contribution in [0.3, 0.4) is 0 Å². The largest absolute Gasteiger partial charge is 0.487 e. The lowest BCUT2D eigenvalue weighted by atomic mass is 10.1. The van der Waals surface area contributed by atoms with Crippen molar-refractivity contribution in [2.24, 2.45) is 9.98 Å². The Morgan fingerprint density at radius 1 is 0.722 bits per heavy atom. The van der Waals surface area contributed by atoms with Crippen molar-refractivity contribution in [3.8, 4) is 11.5 Å². The Bertz CT molecular complexity index is 1250. The molecule has 0 saturated carbocycles. The highest BCUT2D eigenvalue weighted by Gasteiger charge is 2.13. The van der Waals surface area contributed by atoms with Crippen molar-refractivity contribution in [3.05, 3.63) is 89.2 Å². The van der Waals surface area contributed by atoms with Crippen LogP contribution in [0.4, 0.5) is 0 Å². The molecular formula is C25H19N3O8. The summed E-state index contributed by atoms with van der Waals surface area (Å²) in [5.74, 6) is -1.70. The standard InChI is InChI=1S/C25H19N3O8/c29-14-27-22(12-35-20-5-1-3-16(8-20)24(31)32)18-7-19(11-26-10-18)23(28-15-30)13-36-21-6-2-4-17(9-21)25(33)34/h1-11,14-15H,12-13H2,(H,31,32)(H,33,34). The first-order valence-corrected chi connectivity index (χ1v) is 10.3. The van der Waals surface area contributed by atoms with Crippen molar-refractivity contribution >= 4 is 36.2 Å². The Hall–Kier alpha value is -5.19. The van der Waals surface area contributed by atoms with Gasteiger partial charge in [-0.05, 0) is 42.5 Å². The van der Waals surface area contributed by atoms with Gasteiger partial charge in [-0.2, -0.15) is 0 Å². The minimum Gasteiger partial charge on any atom is -0.487 e. The summed E-state index contributed by atoms with van der Waals surface area (Å²) < 4.78 is 11.2. The molecule has 3 aromatic rings. The van der Waals surface area contributed by atoms with Crippen LogP contribution in [0.25, 0.3) is 0 Å². The Morgan fingerprint density at radius 2 is 1.17 bits per heavy atom. The Morgan fingerprint density at radius 3 is 1.56 bits per heavy atom. The van der Waals surface area contributed by atoms with Gasteiger partial charge < -0.3 is 19.7 Å². The molecule has 0 unspecified atom stereocenters. The van der Waals surface area contributed by atoms with E-state index < -0.39 is 11.9 Å². The molecule has 182 valence electrons. The van der Waals surface area contributed by atoms with Gasteiger partial charge in [0.2, 0.25) is 12.8 Å². The van der Waals surface area contributed by atoms with Crippen LogP contribution < -0.4 is 9.47 Å². The number of aliphatic imine (C=N–C) groups is 2. The van der Waals surface area contributed by atoms with Crippen molar-refractivity contribution in [1.82, 2.24) is 4.98 Å². The second-order valence-electron chi connectivity index (χ2n) is 7.07. The predicted molar refractivity (Wildman–Crippen MR) is 127 cm³/mol. The van der Waals surface area contributed by atoms with Gasteiger partial charge in [0.25, 0.3) is 0 Å². The van der Waals surface area contributed by atoms with Gasteiger partial charge in [0, 0.05) is 23.5 Å². The van der Waals surface area contributed by atoms with Gasteiger partial charge in [-0.1, -0.05) is 12.1 Å². The van der Waals surface area contributed by atoms with E-state index in [9.17, 15) is 19.2 Å². The molecule has 0 spiro atoms. The maximum absolute atomic E-state index is 11.2. The molecule has 3 rings (SSSR count). The van der Waals surface area contributed by atoms with Gasteiger partial charge in [-0.15, -0.1) is 0 Å². The second kappa shape index (κ2) is 12.3. The third-order valence-corrected chi connectivity index (χ3v) is 4.73. The molecule has 1 aromatic heterocycles. The highest BCUT2D eigenvalue weighted by Crippen LogP contribution is 2.16. The van der Waals surface area contributed by atoms with Crippen molar-refractivity contribution in [2.45, 2.75) is 0 Å². The fraction of sp³-hybridized carbons (Fsp3) is 0.0800. The molecule has 0 fully saturated rings. The number of aromatic nitrogens is 1. The first kappa shape index (κ1) is 25.4. The van der Waals surface area contributed by atoms with Crippen molar-refractivity contribution < 1.29 is 38.9 Å². The summed E-state index contributed by atoms with van der Waals surface area (Å²) >= 11 is 0. The predicted octanol–water partition coefficient (Wildman–Crippen LogP) is 2.53. The smallest absolute Gasteiger partial charge is 0.335 e. The molecule has 0 bridgehead atoms. The summed E-state index contributed by atoms with van der Waals surface area (Å²) in [6, 6.07) is 13.2. The van der Waals surface area contributed by atoms with E-state index in [1.165, 1.54) is 48.8 Å². The van der Waals surface area contributed by atoms with E-state index in [1.807, 2.05) is 0 Å². The van der Waals surface area contributed by atoms with Crippen LogP contribution in [0.1, 0.15) is 31.8 Å². The zero-order valence-corrected chi connectivity index (χ0v) is 18.6. The molecule has 36 heavy (non-hydrogen) atoms. The topological polar surface area (TPSA) is 165 Å². The van der Waals surface area contributed by atoms with Crippen LogP contribution in [0.15, 0.2) is 77.0 Å². The summed E-state index contributed by atoms with van der Waals surface area (Å²) in [5.41, 5.74) is 1.24. The molecular weight excluding hydrogens is 470 g/mol. The molecule has 0 aliphatic heterocycles. The lowest BCUT2D eigenvalue weighted by molar-refractivity contribution is -0.107. The second-order valence-corrected chi connectivity index (χ2v) is 7.07. The number of nitrogens with zero attached hydrogens (tertiary/aromatic N) is 3. The summed E-state index contributed by atoms with van der Waals surface area (Å²) in [6.45, 7) is -0.350. The van der Waals surface area contributed by atoms with Crippen molar-refractivity contribution in [3.63, 3.8) is 0 Å². The average Bonchev–Trinajstić information content (AvgIpc) is 2.89. The minimum atomic E-state index is -1.11. The number of hydrogen-bond donors (Lipinski definition) is 2. The number of pyridine rings is 1. The third kappa shape index (κ3) is 6.90. The van der Waals surface area contributed by atoms with E-state index in [2.05, 4.69) is 15.0 Å². The fourth-order valence-corrected chi connectivity index (χ4v) is 3.01. The Balaban J connectivity index is 1.79. The molecule has 0 saturated heterocycles. The SMILES string of the molecule is O=CN=C(COc1cccc(C(=O)O)c1)c1cncc(C(COc2cccc(C(=O)O)c2)=NC=O)c1. The van der Waals surface area contributed by atoms with E-state index in [-0.39, 0.29) is 47.3 Å². The number of benzene rings is 2. The molecule has 1 heterocycles. The quantitative estimate of drug-likeness (QED) is 0.287. The van der Waals surface area contributed by atoms with Gasteiger partial charge in [0.15, 0.2) is 0 Å². The zero-order valence-electron chi connectivity index (χ0n) is 18.6. The highest BCUT2D eigenvalue weighted by molar-refractivity contribution is 6.09. The zero-order chi connectivity index (χ0) is 25.9. The number of hydrogen-bond acceptors (Lipinski definition) is 7. The van der Waals surface area contributed by atoms with Gasteiger partial charge in [0.05, 0.1) is 22.6 Å². The normalized spacial score (nSPS) is 11.4. The number of amides is 2. The Labute approximate surface area is 204 Å². The molecule has 0 atom stereocenters. The number of aromatic carboxylic acids is 2. The number of ether oxygens (including phenoxy) is 2. The third-order valence-electron chi connectivity index (χ3n) is 4.73. The number of carboxylic acids is 2. The van der Waals surface area contributed by atoms with Crippen LogP contribution in [0.5, 0.6) is 11.5 Å². The summed E-state index contributed by atoms with van der Waals surface area (Å²) in [7, 11) is 0. The van der Waals surface area contributed by atoms with Gasteiger partial charge in [-0.3, -0.25) is 14.6 Å². The van der Waals surface area contributed by atoms with Gasteiger partial charge >= 0.3 is 11.9 Å². The van der Waals surface area contributed by atoms with Gasteiger partial charge in [-0.25, -0.2) is 19.6 Å². The summed E-state index contributed by atoms with van der Waals surface area (Å²) in [6.07, 6.45) is 3.52. The highest BCUT2D eigenvalue weighted by atomic mass is 16.5. The minimum absolute atomic E-state index is 0.0358. The molecule has 11 heteroatoms. The first-order valence-electron chi connectivity index (χ1n) is 10.3.